The molecule has 1 atom stereocenters. The Morgan fingerprint density at radius 2 is 1.91 bits per heavy atom. The van der Waals surface area contributed by atoms with Crippen molar-refractivity contribution in [1.29, 1.82) is 0 Å². The fourth-order valence-electron chi connectivity index (χ4n) is 5.28. The third-order valence-electron chi connectivity index (χ3n) is 7.01. The molecule has 0 radical (unpaired) electrons. The molecule has 1 spiro atoms. The predicted octanol–water partition coefficient (Wildman–Crippen LogP) is 4.30. The van der Waals surface area contributed by atoms with Crippen LogP contribution in [0.25, 0.3) is 22.2 Å². The van der Waals surface area contributed by atoms with Crippen LogP contribution in [0.15, 0.2) is 47.5 Å². The summed E-state index contributed by atoms with van der Waals surface area (Å²) in [6.07, 6.45) is 2.58. The second-order valence-electron chi connectivity index (χ2n) is 9.03. The number of fused-ring (bicyclic) bond motifs is 1. The van der Waals surface area contributed by atoms with E-state index < -0.39 is 25.9 Å². The normalized spacial score (nSPS) is 24.0. The van der Waals surface area contributed by atoms with Crippen LogP contribution in [0, 0.1) is 5.82 Å². The minimum atomic E-state index is -3.60. The van der Waals surface area contributed by atoms with Crippen molar-refractivity contribution in [3.8, 4) is 17.0 Å². The van der Waals surface area contributed by atoms with Gasteiger partial charge in [-0.25, -0.2) is 12.8 Å². The van der Waals surface area contributed by atoms with E-state index in [0.717, 1.165) is 35.0 Å². The summed E-state index contributed by atoms with van der Waals surface area (Å²) in [5, 5.41) is 0.960. The number of H-pyrrole nitrogens is 1. The maximum atomic E-state index is 15.1. The largest absolute Gasteiger partial charge is 0.495 e. The summed E-state index contributed by atoms with van der Waals surface area (Å²) >= 11 is 0. The number of halogens is 1. The average Bonchev–Trinajstić information content (AvgIpc) is 3.40. The number of methoxy groups -OCH3 is 1. The summed E-state index contributed by atoms with van der Waals surface area (Å²) in [5.74, 6) is 0.0605. The standard InChI is InChI=1S/C24H26FN3O3S/c1-23(14-32(29,30)24(22(26)28-23)10-3-4-11-24)17-12-15(8-9-18(17)25)19-13-16-6-5-7-20(31-2)21(16)27-19/h5-9,12-13,27H,3-4,10-11,14H2,1-2H3,(H2,26,28). The first kappa shape index (κ1) is 21.0. The molecule has 3 N–H and O–H groups in total. The van der Waals surface area contributed by atoms with Gasteiger partial charge in [-0.1, -0.05) is 25.0 Å². The zero-order chi connectivity index (χ0) is 22.7. The summed E-state index contributed by atoms with van der Waals surface area (Å²) in [5.41, 5.74) is 7.55. The van der Waals surface area contributed by atoms with Crippen LogP contribution < -0.4 is 10.5 Å². The highest BCUT2D eigenvalue weighted by molar-refractivity contribution is 7.93. The van der Waals surface area contributed by atoms with E-state index in [9.17, 15) is 8.42 Å². The number of nitrogens with two attached hydrogens (primary N) is 1. The Hall–Kier alpha value is -2.87. The highest BCUT2D eigenvalue weighted by Crippen LogP contribution is 2.46. The first-order valence-corrected chi connectivity index (χ1v) is 12.4. The summed E-state index contributed by atoms with van der Waals surface area (Å²) in [4.78, 5) is 7.96. The minimum Gasteiger partial charge on any atom is -0.495 e. The maximum Gasteiger partial charge on any atom is 0.165 e. The van der Waals surface area contributed by atoms with Gasteiger partial charge in [-0.05, 0) is 55.7 Å². The highest BCUT2D eigenvalue weighted by Gasteiger charge is 2.56. The van der Waals surface area contributed by atoms with Gasteiger partial charge < -0.3 is 15.5 Å². The molecule has 168 valence electrons. The quantitative estimate of drug-likeness (QED) is 0.615. The van der Waals surface area contributed by atoms with Crippen LogP contribution in [0.3, 0.4) is 0 Å². The number of benzene rings is 2. The number of hydrogen-bond donors (Lipinski definition) is 2. The van der Waals surface area contributed by atoms with E-state index >= 15 is 4.39 Å². The van der Waals surface area contributed by atoms with Crippen LogP contribution in [0.2, 0.25) is 0 Å². The molecule has 2 aromatic carbocycles. The van der Waals surface area contributed by atoms with Crippen molar-refractivity contribution in [2.24, 2.45) is 10.7 Å². The van der Waals surface area contributed by atoms with Gasteiger partial charge in [0.15, 0.2) is 9.84 Å². The molecule has 32 heavy (non-hydrogen) atoms. The SMILES string of the molecule is COc1cccc2cc(-c3ccc(F)c(C4(C)CS(=O)(=O)C5(CCCC5)C(N)=N4)c3)[nH]c12. The Morgan fingerprint density at radius 3 is 2.59 bits per heavy atom. The number of aromatic nitrogens is 1. The summed E-state index contributed by atoms with van der Waals surface area (Å²) in [7, 11) is -1.99. The van der Waals surface area contributed by atoms with Gasteiger partial charge in [-0.2, -0.15) is 0 Å². The molecule has 2 aliphatic rings. The van der Waals surface area contributed by atoms with Crippen molar-refractivity contribution < 1.29 is 17.5 Å². The number of para-hydroxylation sites is 1. The number of nitrogens with one attached hydrogen (secondary N) is 1. The molecular weight excluding hydrogens is 429 g/mol. The lowest BCUT2D eigenvalue weighted by Crippen LogP contribution is -2.56. The monoisotopic (exact) mass is 455 g/mol. The van der Waals surface area contributed by atoms with E-state index in [-0.39, 0.29) is 17.2 Å². The Labute approximate surface area is 186 Å². The lowest BCUT2D eigenvalue weighted by Gasteiger charge is -2.39. The maximum absolute atomic E-state index is 15.1. The molecule has 5 rings (SSSR count). The Kier molecular flexibility index (Phi) is 4.64. The van der Waals surface area contributed by atoms with Crippen LogP contribution in [0.1, 0.15) is 38.2 Å². The fraction of sp³-hybridized carbons (Fsp3) is 0.375. The molecule has 1 aliphatic carbocycles. The fourth-order valence-corrected chi connectivity index (χ4v) is 7.79. The Balaban J connectivity index is 1.63. The number of sulfone groups is 1. The van der Waals surface area contributed by atoms with Gasteiger partial charge in [-0.3, -0.25) is 4.99 Å². The molecule has 8 heteroatoms. The van der Waals surface area contributed by atoms with E-state index in [0.29, 0.717) is 18.6 Å². The van der Waals surface area contributed by atoms with Gasteiger partial charge in [0.2, 0.25) is 0 Å². The molecule has 0 bridgehead atoms. The topological polar surface area (TPSA) is 97.5 Å². The van der Waals surface area contributed by atoms with Crippen LogP contribution >= 0.6 is 0 Å². The van der Waals surface area contributed by atoms with Crippen molar-refractivity contribution in [3.63, 3.8) is 0 Å². The first-order chi connectivity index (χ1) is 15.2. The van der Waals surface area contributed by atoms with Gasteiger partial charge in [0.25, 0.3) is 0 Å². The number of nitrogens with zero attached hydrogens (tertiary/aromatic N) is 1. The minimum absolute atomic E-state index is 0.115. The zero-order valence-electron chi connectivity index (χ0n) is 18.1. The van der Waals surface area contributed by atoms with Crippen molar-refractivity contribution in [3.05, 3.63) is 53.8 Å². The van der Waals surface area contributed by atoms with Crippen molar-refractivity contribution >= 4 is 26.6 Å². The summed E-state index contributed by atoms with van der Waals surface area (Å²) in [6, 6.07) is 12.4. The number of aliphatic imine (C=N–C) groups is 1. The van der Waals surface area contributed by atoms with Gasteiger partial charge in [0.05, 0.1) is 18.4 Å². The average molecular weight is 456 g/mol. The van der Waals surface area contributed by atoms with Crippen molar-refractivity contribution in [2.45, 2.75) is 42.9 Å². The molecule has 0 amide bonds. The lowest BCUT2D eigenvalue weighted by atomic mass is 9.91. The van der Waals surface area contributed by atoms with Gasteiger partial charge >= 0.3 is 0 Å². The smallest absolute Gasteiger partial charge is 0.165 e. The molecular formula is C24H26FN3O3S. The van der Waals surface area contributed by atoms with Gasteiger partial charge in [0.1, 0.15) is 27.7 Å². The number of hydrogen-bond acceptors (Lipinski definition) is 5. The Morgan fingerprint density at radius 1 is 1.16 bits per heavy atom. The van der Waals surface area contributed by atoms with Crippen LogP contribution in [-0.4, -0.2) is 36.8 Å². The molecule has 6 nitrogen and oxygen atoms in total. The van der Waals surface area contributed by atoms with Crippen LogP contribution in [-0.2, 0) is 15.4 Å². The van der Waals surface area contributed by atoms with E-state index in [1.54, 1.807) is 26.2 Å². The molecule has 1 fully saturated rings. The number of aromatic amines is 1. The molecule has 2 heterocycles. The molecule has 1 aliphatic heterocycles. The van der Waals surface area contributed by atoms with Crippen LogP contribution in [0.5, 0.6) is 5.75 Å². The second kappa shape index (κ2) is 7.07. The third-order valence-corrected chi connectivity index (χ3v) is 9.76. The molecule has 1 saturated carbocycles. The third kappa shape index (κ3) is 2.96. The molecule has 0 saturated heterocycles. The predicted molar refractivity (Wildman–Crippen MR) is 124 cm³/mol. The summed E-state index contributed by atoms with van der Waals surface area (Å²) in [6.45, 7) is 1.65. The van der Waals surface area contributed by atoms with E-state index in [1.165, 1.54) is 6.07 Å². The Bertz CT molecular complexity index is 1360. The lowest BCUT2D eigenvalue weighted by molar-refractivity contribution is 0.419. The molecule has 1 unspecified atom stereocenters. The summed E-state index contributed by atoms with van der Waals surface area (Å²) < 4.78 is 46.1. The first-order valence-electron chi connectivity index (χ1n) is 10.7. The van der Waals surface area contributed by atoms with Gasteiger partial charge in [-0.15, -0.1) is 0 Å². The molecule has 3 aromatic rings. The van der Waals surface area contributed by atoms with Gasteiger partial charge in [0, 0.05) is 16.6 Å². The number of rotatable bonds is 3. The van der Waals surface area contributed by atoms with Crippen LogP contribution in [0.4, 0.5) is 4.39 Å². The van der Waals surface area contributed by atoms with Crippen molar-refractivity contribution in [1.82, 2.24) is 4.98 Å². The van der Waals surface area contributed by atoms with Crippen molar-refractivity contribution in [2.75, 3.05) is 12.9 Å². The van der Waals surface area contributed by atoms with E-state index in [2.05, 4.69) is 9.98 Å². The second-order valence-corrected chi connectivity index (χ2v) is 11.3. The number of ether oxygens (including phenoxy) is 1. The molecule has 1 aromatic heterocycles. The number of amidine groups is 1. The zero-order valence-corrected chi connectivity index (χ0v) is 18.9. The van der Waals surface area contributed by atoms with E-state index in [4.69, 9.17) is 10.5 Å². The highest BCUT2D eigenvalue weighted by atomic mass is 32.2. The van der Waals surface area contributed by atoms with E-state index in [1.807, 2.05) is 24.3 Å².